The number of ether oxygens (including phenoxy) is 1. The molecule has 122 valence electrons. The van der Waals surface area contributed by atoms with E-state index < -0.39 is 0 Å². The predicted octanol–water partition coefficient (Wildman–Crippen LogP) is 3.24. The van der Waals surface area contributed by atoms with Crippen molar-refractivity contribution in [2.45, 2.75) is 32.5 Å². The molecule has 2 aliphatic heterocycles. The SMILES string of the molecule is COC1=NCc2cc3c(cc21)CN([C@H](C)c1ccccc1)C(=O)C3. The first-order chi connectivity index (χ1) is 11.7. The van der Waals surface area contributed by atoms with Crippen LogP contribution in [0.1, 0.15) is 40.8 Å². The Morgan fingerprint density at radius 3 is 2.67 bits per heavy atom. The van der Waals surface area contributed by atoms with E-state index in [0.29, 0.717) is 25.4 Å². The normalized spacial score (nSPS) is 17.2. The highest BCUT2D eigenvalue weighted by Crippen LogP contribution is 2.32. The lowest BCUT2D eigenvalue weighted by molar-refractivity contribution is -0.134. The maximum absolute atomic E-state index is 12.7. The molecule has 0 unspecified atom stereocenters. The largest absolute Gasteiger partial charge is 0.481 e. The number of methoxy groups -OCH3 is 1. The minimum atomic E-state index is 0.0654. The van der Waals surface area contributed by atoms with Gasteiger partial charge in [0.25, 0.3) is 0 Å². The van der Waals surface area contributed by atoms with E-state index in [9.17, 15) is 4.79 Å². The average molecular weight is 320 g/mol. The molecular formula is C20H20N2O2. The van der Waals surface area contributed by atoms with Crippen LogP contribution in [0.3, 0.4) is 0 Å². The monoisotopic (exact) mass is 320 g/mol. The molecule has 4 rings (SSSR count). The van der Waals surface area contributed by atoms with Gasteiger partial charge in [-0.05, 0) is 35.2 Å². The van der Waals surface area contributed by atoms with Gasteiger partial charge in [0, 0.05) is 12.1 Å². The summed E-state index contributed by atoms with van der Waals surface area (Å²) in [6, 6.07) is 14.5. The second-order valence-corrected chi connectivity index (χ2v) is 6.39. The highest BCUT2D eigenvalue weighted by atomic mass is 16.5. The van der Waals surface area contributed by atoms with Crippen molar-refractivity contribution in [3.8, 4) is 0 Å². The van der Waals surface area contributed by atoms with Gasteiger partial charge >= 0.3 is 0 Å². The van der Waals surface area contributed by atoms with Crippen LogP contribution in [0.2, 0.25) is 0 Å². The number of amides is 1. The Balaban J connectivity index is 1.67. The number of carbonyl (C=O) groups excluding carboxylic acids is 1. The molecule has 24 heavy (non-hydrogen) atoms. The van der Waals surface area contributed by atoms with E-state index >= 15 is 0 Å². The van der Waals surface area contributed by atoms with Crippen molar-refractivity contribution in [3.05, 3.63) is 70.3 Å². The molecule has 1 atom stereocenters. The van der Waals surface area contributed by atoms with E-state index in [0.717, 1.165) is 22.3 Å². The predicted molar refractivity (Wildman–Crippen MR) is 92.8 cm³/mol. The first-order valence-electron chi connectivity index (χ1n) is 8.25. The number of aliphatic imine (C=N–C) groups is 1. The van der Waals surface area contributed by atoms with E-state index in [1.165, 1.54) is 5.56 Å². The van der Waals surface area contributed by atoms with Crippen molar-refractivity contribution in [1.82, 2.24) is 4.90 Å². The Hall–Kier alpha value is -2.62. The van der Waals surface area contributed by atoms with Crippen molar-refractivity contribution < 1.29 is 9.53 Å². The molecule has 4 heteroatoms. The number of hydrogen-bond acceptors (Lipinski definition) is 3. The van der Waals surface area contributed by atoms with E-state index in [1.54, 1.807) is 7.11 Å². The summed E-state index contributed by atoms with van der Waals surface area (Å²) in [6.45, 7) is 3.37. The van der Waals surface area contributed by atoms with Gasteiger partial charge in [-0.15, -0.1) is 0 Å². The average Bonchev–Trinajstić information content (AvgIpc) is 3.01. The molecule has 0 bridgehead atoms. The third-order valence-corrected chi connectivity index (χ3v) is 4.99. The molecule has 0 spiro atoms. The summed E-state index contributed by atoms with van der Waals surface area (Å²) in [4.78, 5) is 19.0. The van der Waals surface area contributed by atoms with Gasteiger partial charge in [0.15, 0.2) is 0 Å². The fraction of sp³-hybridized carbons (Fsp3) is 0.300. The third-order valence-electron chi connectivity index (χ3n) is 4.99. The molecule has 0 N–H and O–H groups in total. The maximum atomic E-state index is 12.7. The summed E-state index contributed by atoms with van der Waals surface area (Å²) in [7, 11) is 1.65. The number of carbonyl (C=O) groups is 1. The smallest absolute Gasteiger partial charge is 0.227 e. The van der Waals surface area contributed by atoms with Crippen LogP contribution < -0.4 is 0 Å². The Labute approximate surface area is 141 Å². The second kappa shape index (κ2) is 5.78. The van der Waals surface area contributed by atoms with Gasteiger partial charge in [0.2, 0.25) is 11.8 Å². The van der Waals surface area contributed by atoms with Gasteiger partial charge in [0.1, 0.15) is 0 Å². The Morgan fingerprint density at radius 2 is 1.92 bits per heavy atom. The molecule has 2 aromatic rings. The molecule has 0 saturated carbocycles. The van der Waals surface area contributed by atoms with Crippen LogP contribution in [-0.4, -0.2) is 23.8 Å². The van der Waals surface area contributed by atoms with E-state index in [2.05, 4.69) is 36.2 Å². The summed E-state index contributed by atoms with van der Waals surface area (Å²) < 4.78 is 5.36. The lowest BCUT2D eigenvalue weighted by Gasteiger charge is -2.34. The fourth-order valence-electron chi connectivity index (χ4n) is 3.60. The summed E-state index contributed by atoms with van der Waals surface area (Å²) in [5.74, 6) is 0.886. The molecule has 0 radical (unpaired) electrons. The number of hydrogen-bond donors (Lipinski definition) is 0. The van der Waals surface area contributed by atoms with Gasteiger partial charge < -0.3 is 9.64 Å². The van der Waals surface area contributed by atoms with Crippen LogP contribution in [0.4, 0.5) is 0 Å². The van der Waals surface area contributed by atoms with Crippen LogP contribution in [0.15, 0.2) is 47.5 Å². The van der Waals surface area contributed by atoms with E-state index in [1.807, 2.05) is 23.1 Å². The molecule has 1 amide bonds. The number of nitrogens with zero attached hydrogens (tertiary/aromatic N) is 2. The highest BCUT2D eigenvalue weighted by Gasteiger charge is 2.29. The summed E-state index contributed by atoms with van der Waals surface area (Å²) >= 11 is 0. The number of benzene rings is 2. The van der Waals surface area contributed by atoms with Crippen molar-refractivity contribution in [1.29, 1.82) is 0 Å². The third kappa shape index (κ3) is 2.39. The van der Waals surface area contributed by atoms with Crippen molar-refractivity contribution in [3.63, 3.8) is 0 Å². The first kappa shape index (κ1) is 14.9. The molecule has 0 fully saturated rings. The molecule has 0 aromatic heterocycles. The molecule has 4 nitrogen and oxygen atoms in total. The summed E-state index contributed by atoms with van der Waals surface area (Å²) in [5.41, 5.74) is 5.71. The molecule has 0 saturated heterocycles. The molecule has 2 aromatic carbocycles. The Kier molecular flexibility index (Phi) is 3.60. The van der Waals surface area contributed by atoms with Gasteiger partial charge in [0.05, 0.1) is 26.1 Å². The van der Waals surface area contributed by atoms with Crippen LogP contribution in [0, 0.1) is 0 Å². The zero-order chi connectivity index (χ0) is 16.7. The standard InChI is InChI=1S/C20H20N2O2/c1-13(14-6-4-3-5-7-14)22-12-17-9-18-16(11-21-20(18)24-2)8-15(17)10-19(22)23/h3-9,13H,10-12H2,1-2H3/t13-/m1/s1. The number of rotatable bonds is 2. The van der Waals surface area contributed by atoms with Gasteiger partial charge in [-0.2, -0.15) is 0 Å². The second-order valence-electron chi connectivity index (χ2n) is 6.39. The van der Waals surface area contributed by atoms with Crippen LogP contribution in [-0.2, 0) is 29.0 Å². The molecule has 0 aliphatic carbocycles. The molecule has 2 aliphatic rings. The minimum Gasteiger partial charge on any atom is -0.481 e. The Bertz CT molecular complexity index is 827. The van der Waals surface area contributed by atoms with Gasteiger partial charge in [-0.25, -0.2) is 4.99 Å². The van der Waals surface area contributed by atoms with E-state index in [4.69, 9.17) is 4.74 Å². The lowest BCUT2D eigenvalue weighted by Crippen LogP contribution is -2.38. The zero-order valence-corrected chi connectivity index (χ0v) is 14.0. The number of fused-ring (bicyclic) bond motifs is 2. The lowest BCUT2D eigenvalue weighted by atomic mass is 9.92. The minimum absolute atomic E-state index is 0.0654. The molecule has 2 heterocycles. The molecular weight excluding hydrogens is 300 g/mol. The van der Waals surface area contributed by atoms with Crippen molar-refractivity contribution >= 4 is 11.8 Å². The van der Waals surface area contributed by atoms with Crippen LogP contribution >= 0.6 is 0 Å². The van der Waals surface area contributed by atoms with Gasteiger partial charge in [-0.3, -0.25) is 4.79 Å². The fourth-order valence-corrected chi connectivity index (χ4v) is 3.60. The first-order valence-corrected chi connectivity index (χ1v) is 8.25. The van der Waals surface area contributed by atoms with Crippen molar-refractivity contribution in [2.75, 3.05) is 7.11 Å². The Morgan fingerprint density at radius 1 is 1.12 bits per heavy atom. The summed E-state index contributed by atoms with van der Waals surface area (Å²) in [5, 5.41) is 0. The van der Waals surface area contributed by atoms with Crippen LogP contribution in [0.25, 0.3) is 0 Å². The maximum Gasteiger partial charge on any atom is 0.227 e. The highest BCUT2D eigenvalue weighted by molar-refractivity contribution is 5.98. The zero-order valence-electron chi connectivity index (χ0n) is 14.0. The topological polar surface area (TPSA) is 41.9 Å². The van der Waals surface area contributed by atoms with Crippen molar-refractivity contribution in [2.24, 2.45) is 4.99 Å². The summed E-state index contributed by atoms with van der Waals surface area (Å²) in [6.07, 6.45) is 0.460. The van der Waals surface area contributed by atoms with Gasteiger partial charge in [-0.1, -0.05) is 36.4 Å². The van der Waals surface area contributed by atoms with Crippen LogP contribution in [0.5, 0.6) is 0 Å². The van der Waals surface area contributed by atoms with E-state index in [-0.39, 0.29) is 11.9 Å². The quantitative estimate of drug-likeness (QED) is 0.852.